The summed E-state index contributed by atoms with van der Waals surface area (Å²) in [5.74, 6) is 1.75. The molecule has 2 aromatic rings. The molecule has 192 valence electrons. The van der Waals surface area contributed by atoms with Crippen LogP contribution in [0.2, 0.25) is 0 Å². The van der Waals surface area contributed by atoms with Gasteiger partial charge in [0.05, 0.1) is 25.0 Å². The van der Waals surface area contributed by atoms with Crippen LogP contribution >= 0.6 is 0 Å². The Balaban J connectivity index is 1.62. The smallest absolute Gasteiger partial charge is 0.238 e. The fraction of sp³-hybridized carbons (Fsp3) is 0.500. The quantitative estimate of drug-likeness (QED) is 0.646. The summed E-state index contributed by atoms with van der Waals surface area (Å²) in [6.07, 6.45) is 8.13. The van der Waals surface area contributed by atoms with Crippen LogP contribution in [0.25, 0.3) is 0 Å². The van der Waals surface area contributed by atoms with Gasteiger partial charge in [0.25, 0.3) is 0 Å². The number of aliphatic imine (C=N–C) groups is 1. The number of ether oxygens (including phenoxy) is 2. The number of benzene rings is 1. The monoisotopic (exact) mass is 494 g/mol. The maximum Gasteiger partial charge on any atom is 0.238 e. The summed E-state index contributed by atoms with van der Waals surface area (Å²) in [5, 5.41) is 2.84. The molecule has 1 aromatic heterocycles. The van der Waals surface area contributed by atoms with Crippen LogP contribution in [-0.2, 0) is 9.59 Å². The van der Waals surface area contributed by atoms with E-state index in [0.717, 1.165) is 32.1 Å². The lowest BCUT2D eigenvalue weighted by Gasteiger charge is -2.23. The first-order valence-corrected chi connectivity index (χ1v) is 12.4. The van der Waals surface area contributed by atoms with Gasteiger partial charge in [-0.25, -0.2) is 9.97 Å². The van der Waals surface area contributed by atoms with Gasteiger partial charge in [-0.1, -0.05) is 12.8 Å². The maximum atomic E-state index is 12.8. The van der Waals surface area contributed by atoms with E-state index in [1.165, 1.54) is 6.33 Å². The van der Waals surface area contributed by atoms with Gasteiger partial charge in [-0.2, -0.15) is 0 Å². The highest BCUT2D eigenvalue weighted by Crippen LogP contribution is 2.37. The molecule has 1 unspecified atom stereocenters. The van der Waals surface area contributed by atoms with Gasteiger partial charge in [0.15, 0.2) is 11.5 Å². The van der Waals surface area contributed by atoms with E-state index >= 15 is 0 Å². The van der Waals surface area contributed by atoms with E-state index in [0.29, 0.717) is 60.5 Å². The van der Waals surface area contributed by atoms with Crippen LogP contribution < -0.4 is 19.7 Å². The van der Waals surface area contributed by atoms with Crippen molar-refractivity contribution in [2.24, 2.45) is 4.99 Å². The fourth-order valence-electron chi connectivity index (χ4n) is 4.44. The van der Waals surface area contributed by atoms with E-state index in [2.05, 4.69) is 20.3 Å². The number of amides is 2. The van der Waals surface area contributed by atoms with Crippen LogP contribution in [0.5, 0.6) is 11.5 Å². The molecule has 0 radical (unpaired) electrons. The third-order valence-electron chi connectivity index (χ3n) is 6.53. The molecule has 0 fully saturated rings. The van der Waals surface area contributed by atoms with Gasteiger partial charge in [-0.15, -0.1) is 0 Å². The summed E-state index contributed by atoms with van der Waals surface area (Å²) < 4.78 is 11.4. The average molecular weight is 495 g/mol. The third-order valence-corrected chi connectivity index (χ3v) is 6.53. The van der Waals surface area contributed by atoms with Crippen LogP contribution in [0.3, 0.4) is 0 Å². The van der Waals surface area contributed by atoms with Crippen LogP contribution in [0, 0.1) is 0 Å². The molecule has 4 rings (SSSR count). The standard InChI is InChI=1S/C26H34N6O4/c1-31-12-8-13-32(2)25-23-19(26(34)30-24(23)28-17-29-25)16-27-18-10-11-20(35-3)21(15-18)36-14-7-5-4-6-9-22(31)33/h10-11,15-17,19H,4-9,12-14H2,1-3H3,(H,28,29,30,34). The van der Waals surface area contributed by atoms with Gasteiger partial charge < -0.3 is 24.6 Å². The number of hydrogen-bond donors (Lipinski definition) is 1. The molecule has 10 nitrogen and oxygen atoms in total. The molecule has 2 aliphatic rings. The summed E-state index contributed by atoms with van der Waals surface area (Å²) in [5.41, 5.74) is 1.36. The predicted molar refractivity (Wildman–Crippen MR) is 139 cm³/mol. The number of nitrogens with one attached hydrogen (secondary N) is 1. The van der Waals surface area contributed by atoms with Crippen LogP contribution in [0.4, 0.5) is 17.3 Å². The summed E-state index contributed by atoms with van der Waals surface area (Å²) in [4.78, 5) is 42.4. The molecule has 3 heterocycles. The molecule has 1 atom stereocenters. The van der Waals surface area contributed by atoms with Crippen molar-refractivity contribution in [1.29, 1.82) is 0 Å². The number of carbonyl (C=O) groups is 2. The van der Waals surface area contributed by atoms with Crippen molar-refractivity contribution in [3.05, 3.63) is 30.1 Å². The van der Waals surface area contributed by atoms with E-state index in [-0.39, 0.29) is 11.8 Å². The summed E-state index contributed by atoms with van der Waals surface area (Å²) in [6, 6.07) is 5.45. The Morgan fingerprint density at radius 1 is 1.03 bits per heavy atom. The van der Waals surface area contributed by atoms with E-state index in [9.17, 15) is 9.59 Å². The zero-order valence-electron chi connectivity index (χ0n) is 21.2. The Morgan fingerprint density at radius 3 is 2.67 bits per heavy atom. The zero-order chi connectivity index (χ0) is 25.5. The SMILES string of the molecule is COc1ccc2cc1OCCCCCCC(=O)N(C)CCCN(C)c1ncnc3c1C(C=N2)C(=O)N3. The fourth-order valence-corrected chi connectivity index (χ4v) is 4.44. The minimum absolute atomic E-state index is 0.162. The Morgan fingerprint density at radius 2 is 1.83 bits per heavy atom. The number of fused-ring (bicyclic) bond motifs is 2. The van der Waals surface area contributed by atoms with Crippen LogP contribution in [-0.4, -0.2) is 73.8 Å². The molecule has 1 aromatic carbocycles. The highest BCUT2D eigenvalue weighted by molar-refractivity contribution is 6.13. The summed E-state index contributed by atoms with van der Waals surface area (Å²) in [7, 11) is 5.39. The second-order valence-corrected chi connectivity index (χ2v) is 9.14. The van der Waals surface area contributed by atoms with Gasteiger partial charge in [0, 0.05) is 45.9 Å². The lowest BCUT2D eigenvalue weighted by atomic mass is 10.0. The molecule has 36 heavy (non-hydrogen) atoms. The molecule has 0 aliphatic carbocycles. The van der Waals surface area contributed by atoms with E-state index in [4.69, 9.17) is 9.47 Å². The van der Waals surface area contributed by atoms with Gasteiger partial charge in [0.2, 0.25) is 11.8 Å². The summed E-state index contributed by atoms with van der Waals surface area (Å²) in [6.45, 7) is 1.88. The molecule has 2 aliphatic heterocycles. The highest BCUT2D eigenvalue weighted by Gasteiger charge is 2.34. The largest absolute Gasteiger partial charge is 0.493 e. The molecule has 2 amide bonds. The number of anilines is 2. The van der Waals surface area contributed by atoms with Gasteiger partial charge >= 0.3 is 0 Å². The lowest BCUT2D eigenvalue weighted by molar-refractivity contribution is -0.130. The number of methoxy groups -OCH3 is 1. The topological polar surface area (TPSA) is 109 Å². The van der Waals surface area contributed by atoms with Crippen molar-refractivity contribution >= 4 is 35.4 Å². The average Bonchev–Trinajstić information content (AvgIpc) is 3.20. The van der Waals surface area contributed by atoms with Crippen molar-refractivity contribution in [1.82, 2.24) is 14.9 Å². The highest BCUT2D eigenvalue weighted by atomic mass is 16.5. The minimum atomic E-state index is -0.622. The number of hydrogen-bond acceptors (Lipinski definition) is 8. The number of nitrogens with zero attached hydrogens (tertiary/aromatic N) is 5. The Bertz CT molecular complexity index is 1120. The Kier molecular flexibility index (Phi) is 8.35. The van der Waals surface area contributed by atoms with Crippen molar-refractivity contribution in [3.63, 3.8) is 0 Å². The second kappa shape index (κ2) is 11.8. The number of aromatic nitrogens is 2. The van der Waals surface area contributed by atoms with Gasteiger partial charge in [-0.3, -0.25) is 14.6 Å². The van der Waals surface area contributed by atoms with Crippen LogP contribution in [0.1, 0.15) is 50.0 Å². The first-order chi connectivity index (χ1) is 17.5. The van der Waals surface area contributed by atoms with Gasteiger partial charge in [-0.05, 0) is 31.4 Å². The molecule has 1 N–H and O–H groups in total. The Labute approximate surface area is 211 Å². The minimum Gasteiger partial charge on any atom is -0.493 e. The van der Waals surface area contributed by atoms with Gasteiger partial charge in [0.1, 0.15) is 23.9 Å². The van der Waals surface area contributed by atoms with Crippen molar-refractivity contribution in [3.8, 4) is 11.5 Å². The Hall–Kier alpha value is -3.69. The van der Waals surface area contributed by atoms with Crippen LogP contribution in [0.15, 0.2) is 29.5 Å². The normalized spacial score (nSPS) is 19.7. The first kappa shape index (κ1) is 25.4. The molecule has 2 bridgehead atoms. The predicted octanol–water partition coefficient (Wildman–Crippen LogP) is 3.55. The van der Waals surface area contributed by atoms with Crippen molar-refractivity contribution in [2.75, 3.05) is 51.1 Å². The number of carbonyl (C=O) groups excluding carboxylic acids is 2. The molecule has 0 spiro atoms. The van der Waals surface area contributed by atoms with E-state index in [1.54, 1.807) is 18.2 Å². The maximum absolute atomic E-state index is 12.8. The first-order valence-electron chi connectivity index (χ1n) is 12.4. The van der Waals surface area contributed by atoms with Crippen molar-refractivity contribution < 1.29 is 19.1 Å². The van der Waals surface area contributed by atoms with E-state index < -0.39 is 5.92 Å². The zero-order valence-corrected chi connectivity index (χ0v) is 21.2. The number of rotatable bonds is 1. The van der Waals surface area contributed by atoms with Crippen molar-refractivity contribution in [2.45, 2.75) is 44.4 Å². The molecular formula is C26H34N6O4. The molecule has 10 heteroatoms. The lowest BCUT2D eigenvalue weighted by Crippen LogP contribution is -2.30. The second-order valence-electron chi connectivity index (χ2n) is 9.14. The summed E-state index contributed by atoms with van der Waals surface area (Å²) >= 11 is 0. The third kappa shape index (κ3) is 5.92. The molecule has 0 saturated heterocycles. The molecule has 0 saturated carbocycles. The van der Waals surface area contributed by atoms with E-state index in [1.807, 2.05) is 37.2 Å². The molecular weight excluding hydrogens is 460 g/mol.